The Bertz CT molecular complexity index is 847. The topological polar surface area (TPSA) is 118 Å². The number of hydrogen-bond acceptors (Lipinski definition) is 7. The molecule has 9 nitrogen and oxygen atoms in total. The quantitative estimate of drug-likeness (QED) is 0.393. The molecular weight excluding hydrogens is 352 g/mol. The summed E-state index contributed by atoms with van der Waals surface area (Å²) in [5.74, 6) is 0.988. The van der Waals surface area contributed by atoms with Crippen LogP contribution in [0.15, 0.2) is 39.9 Å². The number of rotatable bonds is 10. The SMILES string of the molecule is Cn1c(NCCNCC(O)COc2ccccc2)c(CO)c(=O)n(C)c1=O. The number of hydrogen-bond donors (Lipinski definition) is 4. The van der Waals surface area contributed by atoms with E-state index in [0.29, 0.717) is 31.2 Å². The highest BCUT2D eigenvalue weighted by Crippen LogP contribution is 2.08. The average Bonchev–Trinajstić information content (AvgIpc) is 2.69. The average molecular weight is 378 g/mol. The molecule has 1 aromatic heterocycles. The third kappa shape index (κ3) is 5.43. The molecule has 0 aliphatic carbocycles. The van der Waals surface area contributed by atoms with Crippen molar-refractivity contribution in [1.29, 1.82) is 0 Å². The summed E-state index contributed by atoms with van der Waals surface area (Å²) in [6.45, 7) is 0.918. The molecule has 9 heteroatoms. The number of para-hydroxylation sites is 1. The second-order valence-corrected chi connectivity index (χ2v) is 6.10. The molecule has 2 rings (SSSR count). The zero-order chi connectivity index (χ0) is 19.8. The maximum absolute atomic E-state index is 12.0. The molecule has 1 unspecified atom stereocenters. The van der Waals surface area contributed by atoms with E-state index < -0.39 is 24.0 Å². The molecule has 2 aromatic rings. The number of aromatic nitrogens is 2. The molecule has 4 N–H and O–H groups in total. The van der Waals surface area contributed by atoms with Gasteiger partial charge in [0.15, 0.2) is 0 Å². The molecule has 148 valence electrons. The van der Waals surface area contributed by atoms with Gasteiger partial charge in [-0.3, -0.25) is 13.9 Å². The number of benzene rings is 1. The maximum atomic E-state index is 12.0. The Labute approximate surface area is 156 Å². The van der Waals surface area contributed by atoms with Crippen LogP contribution in [0.4, 0.5) is 5.82 Å². The Morgan fingerprint density at radius 1 is 1.11 bits per heavy atom. The summed E-state index contributed by atoms with van der Waals surface area (Å²) in [5, 5.41) is 25.4. The van der Waals surface area contributed by atoms with E-state index in [1.54, 1.807) is 0 Å². The first-order valence-corrected chi connectivity index (χ1v) is 8.66. The van der Waals surface area contributed by atoms with E-state index in [0.717, 1.165) is 4.57 Å². The monoisotopic (exact) mass is 378 g/mol. The zero-order valence-electron chi connectivity index (χ0n) is 15.5. The second-order valence-electron chi connectivity index (χ2n) is 6.10. The predicted octanol–water partition coefficient (Wildman–Crippen LogP) is -0.982. The van der Waals surface area contributed by atoms with Crippen molar-refractivity contribution in [3.8, 4) is 5.75 Å². The third-order valence-electron chi connectivity index (χ3n) is 4.08. The van der Waals surface area contributed by atoms with Crippen LogP contribution in [0, 0.1) is 0 Å². The van der Waals surface area contributed by atoms with Crippen molar-refractivity contribution in [3.63, 3.8) is 0 Å². The number of nitrogens with one attached hydrogen (secondary N) is 2. The molecule has 0 spiro atoms. The van der Waals surface area contributed by atoms with E-state index in [4.69, 9.17) is 4.74 Å². The fraction of sp³-hybridized carbons (Fsp3) is 0.444. The summed E-state index contributed by atoms with van der Waals surface area (Å²) in [6, 6.07) is 9.24. The van der Waals surface area contributed by atoms with Crippen molar-refractivity contribution in [1.82, 2.24) is 14.5 Å². The second kappa shape index (κ2) is 9.91. The molecule has 1 heterocycles. The molecule has 0 saturated carbocycles. The molecule has 0 bridgehead atoms. The smallest absolute Gasteiger partial charge is 0.332 e. The van der Waals surface area contributed by atoms with E-state index >= 15 is 0 Å². The van der Waals surface area contributed by atoms with Crippen molar-refractivity contribution in [2.75, 3.05) is 31.6 Å². The lowest BCUT2D eigenvalue weighted by atomic mass is 10.3. The summed E-state index contributed by atoms with van der Waals surface area (Å²) in [7, 11) is 2.90. The minimum Gasteiger partial charge on any atom is -0.491 e. The van der Waals surface area contributed by atoms with E-state index in [9.17, 15) is 19.8 Å². The molecule has 0 aliphatic heterocycles. The van der Waals surface area contributed by atoms with Gasteiger partial charge in [0.25, 0.3) is 5.56 Å². The first-order chi connectivity index (χ1) is 13.0. The van der Waals surface area contributed by atoms with Gasteiger partial charge in [-0.15, -0.1) is 0 Å². The van der Waals surface area contributed by atoms with Crippen molar-refractivity contribution < 1.29 is 14.9 Å². The molecule has 1 aromatic carbocycles. The van der Waals surface area contributed by atoms with Crippen molar-refractivity contribution in [2.24, 2.45) is 14.1 Å². The fourth-order valence-electron chi connectivity index (χ4n) is 2.59. The molecule has 0 aliphatic rings. The van der Waals surface area contributed by atoms with E-state index in [1.807, 2.05) is 30.3 Å². The normalized spacial score (nSPS) is 12.0. The predicted molar refractivity (Wildman–Crippen MR) is 102 cm³/mol. The standard InChI is InChI=1S/C18H26N4O5/c1-21-16(15(11-23)17(25)22(2)18(21)26)20-9-8-19-10-13(24)12-27-14-6-4-3-5-7-14/h3-7,13,19-20,23-24H,8-12H2,1-2H3. The van der Waals surface area contributed by atoms with Gasteiger partial charge in [0.1, 0.15) is 24.3 Å². The van der Waals surface area contributed by atoms with Crippen LogP contribution < -0.4 is 26.6 Å². The Hall–Kier alpha value is -2.62. The Kier molecular flexibility index (Phi) is 7.59. The van der Waals surface area contributed by atoms with Gasteiger partial charge >= 0.3 is 5.69 Å². The number of anilines is 1. The van der Waals surface area contributed by atoms with Crippen LogP contribution in [0.2, 0.25) is 0 Å². The van der Waals surface area contributed by atoms with Gasteiger partial charge in [-0.2, -0.15) is 0 Å². The first kappa shape index (κ1) is 20.7. The molecule has 0 saturated heterocycles. The Morgan fingerprint density at radius 3 is 2.48 bits per heavy atom. The third-order valence-corrected chi connectivity index (χ3v) is 4.08. The highest BCUT2D eigenvalue weighted by molar-refractivity contribution is 5.43. The first-order valence-electron chi connectivity index (χ1n) is 8.66. The number of aliphatic hydroxyl groups is 2. The summed E-state index contributed by atoms with van der Waals surface area (Å²) < 4.78 is 7.71. The van der Waals surface area contributed by atoms with Crippen LogP contribution in [0.5, 0.6) is 5.75 Å². The van der Waals surface area contributed by atoms with Gasteiger partial charge in [-0.05, 0) is 12.1 Å². The van der Waals surface area contributed by atoms with Crippen molar-refractivity contribution in [2.45, 2.75) is 12.7 Å². The van der Waals surface area contributed by atoms with E-state index in [1.165, 1.54) is 18.7 Å². The van der Waals surface area contributed by atoms with Gasteiger partial charge in [-0.1, -0.05) is 18.2 Å². The lowest BCUT2D eigenvalue weighted by molar-refractivity contribution is 0.107. The van der Waals surface area contributed by atoms with Crippen molar-refractivity contribution >= 4 is 5.82 Å². The maximum Gasteiger partial charge on any atom is 0.332 e. The summed E-state index contributed by atoms with van der Waals surface area (Å²) in [4.78, 5) is 24.0. The van der Waals surface area contributed by atoms with Gasteiger partial charge in [0, 0.05) is 33.7 Å². The fourth-order valence-corrected chi connectivity index (χ4v) is 2.59. The summed E-state index contributed by atoms with van der Waals surface area (Å²) in [5.41, 5.74) is -0.860. The van der Waals surface area contributed by atoms with Gasteiger partial charge < -0.3 is 25.6 Å². The van der Waals surface area contributed by atoms with Crippen LogP contribution >= 0.6 is 0 Å². The molecule has 1 atom stereocenters. The molecule has 27 heavy (non-hydrogen) atoms. The number of ether oxygens (including phenoxy) is 1. The van der Waals surface area contributed by atoms with Crippen LogP contribution in [-0.2, 0) is 20.7 Å². The van der Waals surface area contributed by atoms with Crippen LogP contribution in [0.3, 0.4) is 0 Å². The van der Waals surface area contributed by atoms with Crippen LogP contribution in [-0.4, -0.2) is 51.7 Å². The molecule has 0 amide bonds. The highest BCUT2D eigenvalue weighted by Gasteiger charge is 2.14. The Morgan fingerprint density at radius 2 is 1.81 bits per heavy atom. The van der Waals surface area contributed by atoms with Crippen LogP contribution in [0.25, 0.3) is 0 Å². The van der Waals surface area contributed by atoms with Crippen LogP contribution in [0.1, 0.15) is 5.56 Å². The van der Waals surface area contributed by atoms with Gasteiger partial charge in [-0.25, -0.2) is 4.79 Å². The van der Waals surface area contributed by atoms with Gasteiger partial charge in [0.05, 0.1) is 12.2 Å². The molecule has 0 radical (unpaired) electrons. The molecular formula is C18H26N4O5. The summed E-state index contributed by atoms with van der Waals surface area (Å²) in [6.07, 6.45) is -0.674. The van der Waals surface area contributed by atoms with Crippen molar-refractivity contribution in [3.05, 3.63) is 56.7 Å². The lowest BCUT2D eigenvalue weighted by Gasteiger charge is -2.16. The minimum absolute atomic E-state index is 0.135. The van der Waals surface area contributed by atoms with E-state index in [2.05, 4.69) is 10.6 Å². The van der Waals surface area contributed by atoms with E-state index in [-0.39, 0.29) is 12.2 Å². The number of nitrogens with zero attached hydrogens (tertiary/aromatic N) is 2. The highest BCUT2D eigenvalue weighted by atomic mass is 16.5. The number of aliphatic hydroxyl groups excluding tert-OH is 2. The minimum atomic E-state index is -0.674. The molecule has 0 fully saturated rings. The lowest BCUT2D eigenvalue weighted by Crippen LogP contribution is -2.41. The van der Waals surface area contributed by atoms with Gasteiger partial charge in [0.2, 0.25) is 0 Å². The zero-order valence-corrected chi connectivity index (χ0v) is 15.5. The Balaban J connectivity index is 1.79. The summed E-state index contributed by atoms with van der Waals surface area (Å²) >= 11 is 0. The largest absolute Gasteiger partial charge is 0.491 e.